The van der Waals surface area contributed by atoms with Gasteiger partial charge in [-0.3, -0.25) is 0 Å². The first-order chi connectivity index (χ1) is 9.61. The first kappa shape index (κ1) is 17.7. The second-order valence-electron chi connectivity index (χ2n) is 5.26. The minimum atomic E-state index is -4.41. The largest absolute Gasteiger partial charge is 0.416 e. The van der Waals surface area contributed by atoms with Gasteiger partial charge in [0.2, 0.25) is 0 Å². The van der Waals surface area contributed by atoms with Crippen LogP contribution in [0, 0.1) is 0 Å². The van der Waals surface area contributed by atoms with Crippen LogP contribution in [0.15, 0.2) is 18.2 Å². The predicted molar refractivity (Wildman–Crippen MR) is 83.6 cm³/mol. The monoisotopic (exact) mass is 319 g/mol. The Bertz CT molecular complexity index is 501. The fraction of sp³-hybridized carbons (Fsp3) is 0.500. The van der Waals surface area contributed by atoms with Crippen LogP contribution in [0.4, 0.5) is 18.9 Å². The third kappa shape index (κ3) is 5.51. The van der Waals surface area contributed by atoms with Crippen molar-refractivity contribution in [1.29, 1.82) is 0 Å². The number of halogens is 3. The number of thiocarbonyl (C=S) groups is 1. The minimum absolute atomic E-state index is 0.0524. The van der Waals surface area contributed by atoms with Crippen molar-refractivity contribution >= 4 is 22.9 Å². The lowest BCUT2D eigenvalue weighted by molar-refractivity contribution is -0.137. The van der Waals surface area contributed by atoms with Crippen LogP contribution in [0.5, 0.6) is 0 Å². The second-order valence-corrected chi connectivity index (χ2v) is 5.70. The second kappa shape index (κ2) is 7.09. The molecule has 0 radical (unpaired) electrons. The average molecular weight is 319 g/mol. The van der Waals surface area contributed by atoms with E-state index in [1.54, 1.807) is 0 Å². The van der Waals surface area contributed by atoms with Gasteiger partial charge in [0.25, 0.3) is 0 Å². The molecule has 0 bridgehead atoms. The molecule has 0 aliphatic rings. The van der Waals surface area contributed by atoms with Crippen LogP contribution in [-0.2, 0) is 6.18 Å². The highest BCUT2D eigenvalue weighted by molar-refractivity contribution is 7.80. The van der Waals surface area contributed by atoms with Gasteiger partial charge in [-0.15, -0.1) is 0 Å². The Labute approximate surface area is 128 Å². The van der Waals surface area contributed by atoms with Crippen molar-refractivity contribution in [3.05, 3.63) is 29.3 Å². The average Bonchev–Trinajstić information content (AvgIpc) is 2.35. The molecule has 0 saturated carbocycles. The Morgan fingerprint density at radius 3 is 2.48 bits per heavy atom. The zero-order valence-corrected chi connectivity index (χ0v) is 13.1. The summed E-state index contributed by atoms with van der Waals surface area (Å²) in [5.74, 6) is 0. The molecule has 0 saturated heterocycles. The topological polar surface area (TPSA) is 41.3 Å². The number of nitrogens with zero attached hydrogens (tertiary/aromatic N) is 1. The van der Waals surface area contributed by atoms with Gasteiger partial charge in [-0.2, -0.15) is 13.2 Å². The molecular formula is C14H20F3N3S. The molecule has 0 aliphatic carbocycles. The maximum atomic E-state index is 12.7. The summed E-state index contributed by atoms with van der Waals surface area (Å²) in [5.41, 5.74) is 5.54. The Kier molecular flexibility index (Phi) is 5.98. The zero-order valence-electron chi connectivity index (χ0n) is 12.3. The van der Waals surface area contributed by atoms with E-state index in [0.717, 1.165) is 25.1 Å². The quantitative estimate of drug-likeness (QED) is 0.791. The van der Waals surface area contributed by atoms with Gasteiger partial charge in [-0.25, -0.2) is 0 Å². The summed E-state index contributed by atoms with van der Waals surface area (Å²) < 4.78 is 38.2. The van der Waals surface area contributed by atoms with E-state index in [4.69, 9.17) is 18.0 Å². The smallest absolute Gasteiger partial charge is 0.389 e. The van der Waals surface area contributed by atoms with Gasteiger partial charge in [0, 0.05) is 17.3 Å². The lowest BCUT2D eigenvalue weighted by atomic mass is 10.1. The van der Waals surface area contributed by atoms with Crippen molar-refractivity contribution in [2.45, 2.75) is 25.6 Å². The van der Waals surface area contributed by atoms with Gasteiger partial charge in [0.1, 0.15) is 4.99 Å². The van der Waals surface area contributed by atoms with E-state index in [2.05, 4.69) is 5.32 Å². The molecule has 0 aliphatic heterocycles. The molecule has 0 amide bonds. The number of rotatable bonds is 6. The molecule has 0 heterocycles. The number of hydrogen-bond donors (Lipinski definition) is 2. The number of nitrogens with one attached hydrogen (secondary N) is 1. The normalized spacial score (nSPS) is 13.3. The van der Waals surface area contributed by atoms with Crippen LogP contribution >= 0.6 is 12.2 Å². The van der Waals surface area contributed by atoms with Gasteiger partial charge in [-0.05, 0) is 52.2 Å². The van der Waals surface area contributed by atoms with Gasteiger partial charge >= 0.3 is 6.18 Å². The summed E-state index contributed by atoms with van der Waals surface area (Å²) in [4.78, 5) is 1.99. The molecule has 3 N–H and O–H groups in total. The number of hydrogen-bond acceptors (Lipinski definition) is 3. The highest BCUT2D eigenvalue weighted by Crippen LogP contribution is 2.32. The number of benzene rings is 1. The number of nitrogens with two attached hydrogens (primary N) is 1. The van der Waals surface area contributed by atoms with Crippen LogP contribution in [0.2, 0.25) is 0 Å². The van der Waals surface area contributed by atoms with Crippen molar-refractivity contribution in [2.24, 2.45) is 5.73 Å². The van der Waals surface area contributed by atoms with Gasteiger partial charge in [0.05, 0.1) is 5.56 Å². The molecule has 0 spiro atoms. The molecule has 1 unspecified atom stereocenters. The first-order valence-corrected chi connectivity index (χ1v) is 6.94. The van der Waals surface area contributed by atoms with E-state index in [9.17, 15) is 13.2 Å². The van der Waals surface area contributed by atoms with Gasteiger partial charge in [0.15, 0.2) is 0 Å². The van der Waals surface area contributed by atoms with E-state index < -0.39 is 11.7 Å². The minimum Gasteiger partial charge on any atom is -0.389 e. The lowest BCUT2D eigenvalue weighted by Gasteiger charge is -2.20. The number of anilines is 1. The van der Waals surface area contributed by atoms with Crippen molar-refractivity contribution in [2.75, 3.05) is 26.0 Å². The molecule has 118 valence electrons. The Hall–Kier alpha value is -1.34. The van der Waals surface area contributed by atoms with Crippen LogP contribution in [0.25, 0.3) is 0 Å². The molecule has 21 heavy (non-hydrogen) atoms. The molecular weight excluding hydrogens is 299 g/mol. The van der Waals surface area contributed by atoms with Crippen molar-refractivity contribution < 1.29 is 13.2 Å². The Balaban J connectivity index is 2.94. The first-order valence-electron chi connectivity index (χ1n) is 6.53. The van der Waals surface area contributed by atoms with Crippen molar-refractivity contribution in [3.63, 3.8) is 0 Å². The fourth-order valence-corrected chi connectivity index (χ4v) is 2.01. The Morgan fingerprint density at radius 1 is 1.38 bits per heavy atom. The van der Waals surface area contributed by atoms with E-state index in [1.165, 1.54) is 6.07 Å². The summed E-state index contributed by atoms with van der Waals surface area (Å²) >= 11 is 4.85. The molecule has 1 atom stereocenters. The van der Waals surface area contributed by atoms with E-state index in [-0.39, 0.29) is 16.6 Å². The highest BCUT2D eigenvalue weighted by Gasteiger charge is 2.31. The van der Waals surface area contributed by atoms with Crippen molar-refractivity contribution in [3.8, 4) is 0 Å². The third-order valence-electron chi connectivity index (χ3n) is 3.02. The van der Waals surface area contributed by atoms with Gasteiger partial charge in [-0.1, -0.05) is 12.2 Å². The highest BCUT2D eigenvalue weighted by atomic mass is 32.1. The molecule has 0 fully saturated rings. The van der Waals surface area contributed by atoms with E-state index in [0.29, 0.717) is 5.69 Å². The van der Waals surface area contributed by atoms with Crippen LogP contribution in [-0.4, -0.2) is 36.6 Å². The zero-order chi connectivity index (χ0) is 16.2. The SMILES string of the molecule is CC(CCN(C)C)Nc1ccc(C(F)(F)F)cc1C(N)=S. The third-order valence-corrected chi connectivity index (χ3v) is 3.24. The van der Waals surface area contributed by atoms with Crippen molar-refractivity contribution in [1.82, 2.24) is 4.90 Å². The molecule has 7 heteroatoms. The standard InChI is InChI=1S/C14H20F3N3S/c1-9(6-7-20(2)3)19-12-5-4-10(14(15,16)17)8-11(12)13(18)21/h4-5,8-9,19H,6-7H2,1-3H3,(H2,18,21). The molecule has 1 aromatic carbocycles. The Morgan fingerprint density at radius 2 is 2.00 bits per heavy atom. The molecule has 1 aromatic rings. The van der Waals surface area contributed by atoms with Crippen LogP contribution < -0.4 is 11.1 Å². The summed E-state index contributed by atoms with van der Waals surface area (Å²) in [7, 11) is 3.93. The summed E-state index contributed by atoms with van der Waals surface area (Å²) in [6.45, 7) is 2.84. The van der Waals surface area contributed by atoms with Crippen LogP contribution in [0.1, 0.15) is 24.5 Å². The maximum Gasteiger partial charge on any atom is 0.416 e. The maximum absolute atomic E-state index is 12.7. The van der Waals surface area contributed by atoms with Gasteiger partial charge < -0.3 is 16.0 Å². The lowest BCUT2D eigenvalue weighted by Crippen LogP contribution is -2.24. The fourth-order valence-electron chi connectivity index (χ4n) is 1.84. The number of alkyl halides is 3. The summed E-state index contributed by atoms with van der Waals surface area (Å²) in [6, 6.07) is 3.49. The van der Waals surface area contributed by atoms with E-state index in [1.807, 2.05) is 25.9 Å². The molecule has 0 aromatic heterocycles. The van der Waals surface area contributed by atoms with Crippen LogP contribution in [0.3, 0.4) is 0 Å². The predicted octanol–water partition coefficient (Wildman–Crippen LogP) is 3.09. The molecule has 3 nitrogen and oxygen atoms in total. The summed E-state index contributed by atoms with van der Waals surface area (Å²) in [5, 5.41) is 3.16. The van der Waals surface area contributed by atoms with E-state index >= 15 is 0 Å². The molecule has 1 rings (SSSR count). The summed E-state index contributed by atoms with van der Waals surface area (Å²) in [6.07, 6.45) is -3.56.